The fraction of sp³-hybridized carbons (Fsp3) is 0.471. The molecule has 3 amide bonds. The Morgan fingerprint density at radius 2 is 2.00 bits per heavy atom. The number of rotatable bonds is 6. The van der Waals surface area contributed by atoms with Crippen LogP contribution in [0.2, 0.25) is 0 Å². The fourth-order valence-electron chi connectivity index (χ4n) is 2.49. The fourth-order valence-corrected chi connectivity index (χ4v) is 3.49. The minimum Gasteiger partial charge on any atom is -0.355 e. The lowest BCUT2D eigenvalue weighted by atomic mass is 10.2. The smallest absolute Gasteiger partial charge is 0.242 e. The number of likely N-dealkylation sites (N-methyl/N-ethyl adjacent to an activating group) is 1. The van der Waals surface area contributed by atoms with Gasteiger partial charge in [0.2, 0.25) is 17.7 Å². The van der Waals surface area contributed by atoms with Gasteiger partial charge in [-0.3, -0.25) is 14.4 Å². The van der Waals surface area contributed by atoms with Crippen LogP contribution in [0.1, 0.15) is 26.7 Å². The van der Waals surface area contributed by atoms with Crippen molar-refractivity contribution in [2.24, 2.45) is 0 Å². The summed E-state index contributed by atoms with van der Waals surface area (Å²) in [6.07, 6.45) is 0.210. The molecule has 1 aliphatic rings. The van der Waals surface area contributed by atoms with E-state index in [1.807, 2.05) is 31.2 Å². The van der Waals surface area contributed by atoms with Crippen molar-refractivity contribution >= 4 is 35.2 Å². The number of carbonyl (C=O) groups excluding carboxylic acids is 3. The van der Waals surface area contributed by atoms with E-state index in [1.54, 1.807) is 23.6 Å². The van der Waals surface area contributed by atoms with Crippen LogP contribution >= 0.6 is 11.8 Å². The molecule has 0 saturated heterocycles. The summed E-state index contributed by atoms with van der Waals surface area (Å²) < 4.78 is 0. The van der Waals surface area contributed by atoms with Gasteiger partial charge in [0, 0.05) is 36.6 Å². The molecule has 1 heterocycles. The third kappa shape index (κ3) is 4.74. The van der Waals surface area contributed by atoms with Crippen molar-refractivity contribution in [3.05, 3.63) is 24.3 Å². The Kier molecular flexibility index (Phi) is 6.66. The Morgan fingerprint density at radius 1 is 1.25 bits per heavy atom. The van der Waals surface area contributed by atoms with E-state index < -0.39 is 6.04 Å². The second-order valence-electron chi connectivity index (χ2n) is 5.55. The topological polar surface area (TPSA) is 78.5 Å². The Bertz CT molecular complexity index is 621. The van der Waals surface area contributed by atoms with Crippen LogP contribution in [0.5, 0.6) is 0 Å². The standard InChI is InChI=1S/C17H23N3O3S/c1-3-18-17(23)12(2)19-15(21)8-9-16(22)20-10-11-24-14-7-5-4-6-13(14)20/h4-7,12H,3,8-11H2,1-2H3,(H,18,23)(H,19,21). The molecule has 1 aromatic carbocycles. The highest BCUT2D eigenvalue weighted by Crippen LogP contribution is 2.34. The van der Waals surface area contributed by atoms with Gasteiger partial charge in [0.25, 0.3) is 0 Å². The maximum Gasteiger partial charge on any atom is 0.242 e. The van der Waals surface area contributed by atoms with Crippen molar-refractivity contribution in [2.45, 2.75) is 37.6 Å². The lowest BCUT2D eigenvalue weighted by Crippen LogP contribution is -2.45. The molecule has 2 rings (SSSR count). The van der Waals surface area contributed by atoms with E-state index in [0.717, 1.165) is 16.3 Å². The normalized spacial score (nSPS) is 14.5. The molecule has 2 N–H and O–H groups in total. The van der Waals surface area contributed by atoms with Gasteiger partial charge in [0.05, 0.1) is 5.69 Å². The number of carbonyl (C=O) groups is 3. The highest BCUT2D eigenvalue weighted by atomic mass is 32.2. The molecule has 0 radical (unpaired) electrons. The summed E-state index contributed by atoms with van der Waals surface area (Å²) in [5.74, 6) is 0.271. The zero-order valence-corrected chi connectivity index (χ0v) is 14.8. The largest absolute Gasteiger partial charge is 0.355 e. The van der Waals surface area contributed by atoms with Crippen LogP contribution in [0.4, 0.5) is 5.69 Å². The van der Waals surface area contributed by atoms with Crippen LogP contribution in [0, 0.1) is 0 Å². The van der Waals surface area contributed by atoms with Gasteiger partial charge in [-0.15, -0.1) is 11.8 Å². The lowest BCUT2D eigenvalue weighted by Gasteiger charge is -2.29. The third-order valence-electron chi connectivity index (χ3n) is 3.72. The van der Waals surface area contributed by atoms with E-state index in [-0.39, 0.29) is 30.6 Å². The molecule has 0 bridgehead atoms. The summed E-state index contributed by atoms with van der Waals surface area (Å²) in [4.78, 5) is 38.8. The van der Waals surface area contributed by atoms with Gasteiger partial charge in [-0.05, 0) is 26.0 Å². The number of hydrogen-bond donors (Lipinski definition) is 2. The molecule has 6 nitrogen and oxygen atoms in total. The minimum atomic E-state index is -0.598. The molecule has 0 aliphatic carbocycles. The summed E-state index contributed by atoms with van der Waals surface area (Å²) in [7, 11) is 0. The molecule has 1 atom stereocenters. The molecule has 1 aromatic rings. The minimum absolute atomic E-state index is 0.0661. The number of anilines is 1. The number of hydrogen-bond acceptors (Lipinski definition) is 4. The molecule has 130 valence electrons. The van der Waals surface area contributed by atoms with Gasteiger partial charge in [0.1, 0.15) is 6.04 Å². The maximum absolute atomic E-state index is 12.4. The Balaban J connectivity index is 1.85. The SMILES string of the molecule is CCNC(=O)C(C)NC(=O)CCC(=O)N1CCSc2ccccc21. The average molecular weight is 349 g/mol. The van der Waals surface area contributed by atoms with Gasteiger partial charge in [-0.1, -0.05) is 12.1 Å². The molecule has 24 heavy (non-hydrogen) atoms. The quantitative estimate of drug-likeness (QED) is 0.817. The van der Waals surface area contributed by atoms with E-state index in [2.05, 4.69) is 10.6 Å². The second-order valence-corrected chi connectivity index (χ2v) is 6.68. The van der Waals surface area contributed by atoms with E-state index in [0.29, 0.717) is 13.1 Å². The predicted octanol–water partition coefficient (Wildman–Crippen LogP) is 1.55. The van der Waals surface area contributed by atoms with Crippen molar-refractivity contribution in [1.29, 1.82) is 0 Å². The molecule has 0 spiro atoms. The molecule has 0 fully saturated rings. The number of para-hydroxylation sites is 1. The molecular formula is C17H23N3O3S. The first-order valence-corrected chi connectivity index (χ1v) is 9.10. The van der Waals surface area contributed by atoms with Gasteiger partial charge in [-0.2, -0.15) is 0 Å². The van der Waals surface area contributed by atoms with Crippen LogP contribution in [0.3, 0.4) is 0 Å². The van der Waals surface area contributed by atoms with Gasteiger partial charge < -0.3 is 15.5 Å². The number of nitrogens with zero attached hydrogens (tertiary/aromatic N) is 1. The molecular weight excluding hydrogens is 326 g/mol. The summed E-state index contributed by atoms with van der Waals surface area (Å²) >= 11 is 1.73. The summed E-state index contributed by atoms with van der Waals surface area (Å²) in [6, 6.07) is 7.19. The third-order valence-corrected chi connectivity index (χ3v) is 4.76. The van der Waals surface area contributed by atoms with Gasteiger partial charge in [0.15, 0.2) is 0 Å². The summed E-state index contributed by atoms with van der Waals surface area (Å²) in [5, 5.41) is 5.26. The van der Waals surface area contributed by atoms with Crippen LogP contribution in [-0.2, 0) is 14.4 Å². The number of thioether (sulfide) groups is 1. The first kappa shape index (κ1) is 18.3. The van der Waals surface area contributed by atoms with Crippen LogP contribution in [0.15, 0.2) is 29.2 Å². The van der Waals surface area contributed by atoms with Crippen molar-refractivity contribution in [1.82, 2.24) is 10.6 Å². The Hall–Kier alpha value is -2.02. The van der Waals surface area contributed by atoms with E-state index in [9.17, 15) is 14.4 Å². The highest BCUT2D eigenvalue weighted by Gasteiger charge is 2.23. The average Bonchev–Trinajstić information content (AvgIpc) is 2.59. The molecule has 1 aliphatic heterocycles. The van der Waals surface area contributed by atoms with E-state index in [1.165, 1.54) is 0 Å². The van der Waals surface area contributed by atoms with Crippen molar-refractivity contribution in [3.63, 3.8) is 0 Å². The van der Waals surface area contributed by atoms with Crippen LogP contribution in [0.25, 0.3) is 0 Å². The highest BCUT2D eigenvalue weighted by molar-refractivity contribution is 7.99. The van der Waals surface area contributed by atoms with E-state index in [4.69, 9.17) is 0 Å². The van der Waals surface area contributed by atoms with Gasteiger partial charge >= 0.3 is 0 Å². The second kappa shape index (κ2) is 8.73. The monoisotopic (exact) mass is 349 g/mol. The first-order chi connectivity index (χ1) is 11.5. The molecule has 0 saturated carbocycles. The number of amides is 3. The number of fused-ring (bicyclic) bond motifs is 1. The van der Waals surface area contributed by atoms with Crippen molar-refractivity contribution in [2.75, 3.05) is 23.7 Å². The number of benzene rings is 1. The maximum atomic E-state index is 12.4. The zero-order chi connectivity index (χ0) is 17.5. The lowest BCUT2D eigenvalue weighted by molar-refractivity contribution is -0.129. The molecule has 7 heteroatoms. The summed E-state index contributed by atoms with van der Waals surface area (Å²) in [5.41, 5.74) is 0.912. The van der Waals surface area contributed by atoms with Crippen LogP contribution < -0.4 is 15.5 Å². The van der Waals surface area contributed by atoms with E-state index >= 15 is 0 Å². The van der Waals surface area contributed by atoms with Crippen LogP contribution in [-0.4, -0.2) is 42.6 Å². The van der Waals surface area contributed by atoms with Gasteiger partial charge in [-0.25, -0.2) is 0 Å². The Labute approximate surface area is 146 Å². The Morgan fingerprint density at radius 3 is 2.75 bits per heavy atom. The summed E-state index contributed by atoms with van der Waals surface area (Å²) in [6.45, 7) is 4.62. The van der Waals surface area contributed by atoms with Crippen molar-refractivity contribution in [3.8, 4) is 0 Å². The predicted molar refractivity (Wildman–Crippen MR) is 95.0 cm³/mol. The molecule has 1 unspecified atom stereocenters. The first-order valence-electron chi connectivity index (χ1n) is 8.12. The van der Waals surface area contributed by atoms with Crippen molar-refractivity contribution < 1.29 is 14.4 Å². The molecule has 0 aromatic heterocycles. The zero-order valence-electron chi connectivity index (χ0n) is 14.0. The number of nitrogens with one attached hydrogen (secondary N) is 2.